The highest BCUT2D eigenvalue weighted by Crippen LogP contribution is 2.30. The lowest BCUT2D eigenvalue weighted by atomic mass is 9.85. The van der Waals surface area contributed by atoms with E-state index in [9.17, 15) is 4.79 Å². The van der Waals surface area contributed by atoms with Crippen molar-refractivity contribution in [3.63, 3.8) is 0 Å². The lowest BCUT2D eigenvalue weighted by Gasteiger charge is -2.27. The van der Waals surface area contributed by atoms with Crippen molar-refractivity contribution in [2.75, 3.05) is 0 Å². The number of halogens is 1. The lowest BCUT2D eigenvalue weighted by molar-refractivity contribution is 0.0926. The van der Waals surface area contributed by atoms with Gasteiger partial charge in [0.1, 0.15) is 0 Å². The topological polar surface area (TPSA) is 29.1 Å². The summed E-state index contributed by atoms with van der Waals surface area (Å²) in [5.74, 6) is -0.0298. The molecule has 1 N–H and O–H groups in total. The molecule has 0 radical (unpaired) electrons. The Morgan fingerprint density at radius 1 is 1.05 bits per heavy atom. The molecular weight excluding hydrogens is 338 g/mol. The predicted molar refractivity (Wildman–Crippen MR) is 94.9 cm³/mol. The molecule has 0 fully saturated rings. The Labute approximate surface area is 141 Å². The van der Waals surface area contributed by atoms with Gasteiger partial charge in [-0.3, -0.25) is 4.79 Å². The van der Waals surface area contributed by atoms with Gasteiger partial charge in [-0.25, -0.2) is 0 Å². The van der Waals surface area contributed by atoms with E-state index in [1.165, 1.54) is 0 Å². The molecule has 0 aromatic heterocycles. The number of nitrogens with one attached hydrogen (secondary N) is 1. The summed E-state index contributed by atoms with van der Waals surface area (Å²) in [5.41, 5.74) is 1.95. The van der Waals surface area contributed by atoms with E-state index in [2.05, 4.69) is 54.2 Å². The SMILES string of the molecule is CC(C)(C)CC(NC(=O)c1ccccc1)c1ccc(Br)cc1. The third kappa shape index (κ3) is 4.99. The Kier molecular flexibility index (Phi) is 5.41. The molecule has 0 spiro atoms. The van der Waals surface area contributed by atoms with Crippen molar-refractivity contribution < 1.29 is 4.79 Å². The van der Waals surface area contributed by atoms with Crippen LogP contribution in [0.5, 0.6) is 0 Å². The highest BCUT2D eigenvalue weighted by Gasteiger charge is 2.22. The largest absolute Gasteiger partial charge is 0.345 e. The zero-order valence-corrected chi connectivity index (χ0v) is 14.9. The van der Waals surface area contributed by atoms with Gasteiger partial charge in [-0.15, -0.1) is 0 Å². The average molecular weight is 360 g/mol. The Hall–Kier alpha value is -1.61. The summed E-state index contributed by atoms with van der Waals surface area (Å²) >= 11 is 3.46. The van der Waals surface area contributed by atoms with E-state index >= 15 is 0 Å². The van der Waals surface area contributed by atoms with Crippen molar-refractivity contribution in [2.45, 2.75) is 33.2 Å². The molecule has 116 valence electrons. The minimum Gasteiger partial charge on any atom is -0.345 e. The number of carbonyl (C=O) groups excluding carboxylic acids is 1. The van der Waals surface area contributed by atoms with Crippen molar-refractivity contribution in [1.82, 2.24) is 5.32 Å². The first-order valence-electron chi connectivity index (χ1n) is 7.46. The van der Waals surface area contributed by atoms with Crippen LogP contribution in [-0.2, 0) is 0 Å². The summed E-state index contributed by atoms with van der Waals surface area (Å²) in [6.45, 7) is 6.56. The van der Waals surface area contributed by atoms with Gasteiger partial charge in [0.05, 0.1) is 6.04 Å². The van der Waals surface area contributed by atoms with Gasteiger partial charge in [0.25, 0.3) is 5.91 Å². The lowest BCUT2D eigenvalue weighted by Crippen LogP contribution is -2.31. The van der Waals surface area contributed by atoms with E-state index < -0.39 is 0 Å². The van der Waals surface area contributed by atoms with Crippen LogP contribution < -0.4 is 5.32 Å². The summed E-state index contributed by atoms with van der Waals surface area (Å²) in [4.78, 5) is 12.5. The molecule has 2 nitrogen and oxygen atoms in total. The smallest absolute Gasteiger partial charge is 0.251 e. The summed E-state index contributed by atoms with van der Waals surface area (Å²) in [5, 5.41) is 3.17. The maximum absolute atomic E-state index is 12.5. The second-order valence-electron chi connectivity index (χ2n) is 6.71. The molecule has 0 saturated carbocycles. The minimum atomic E-state index is -0.0298. The predicted octanol–water partition coefficient (Wildman–Crippen LogP) is 5.36. The average Bonchev–Trinajstić information content (AvgIpc) is 2.47. The van der Waals surface area contributed by atoms with Crippen LogP contribution >= 0.6 is 15.9 Å². The first kappa shape index (κ1) is 16.8. The first-order chi connectivity index (χ1) is 10.3. The summed E-state index contributed by atoms with van der Waals surface area (Å²) in [6.07, 6.45) is 0.882. The molecule has 0 bridgehead atoms. The molecule has 2 aromatic carbocycles. The number of rotatable bonds is 4. The van der Waals surface area contributed by atoms with Crippen molar-refractivity contribution in [1.29, 1.82) is 0 Å². The van der Waals surface area contributed by atoms with Crippen molar-refractivity contribution in [3.8, 4) is 0 Å². The van der Waals surface area contributed by atoms with Crippen molar-refractivity contribution >= 4 is 21.8 Å². The standard InChI is InChI=1S/C19H22BrNO/c1-19(2,3)13-17(14-9-11-16(20)12-10-14)21-18(22)15-7-5-4-6-8-15/h4-12,17H,13H2,1-3H3,(H,21,22). The van der Waals surface area contributed by atoms with Crippen molar-refractivity contribution in [2.24, 2.45) is 5.41 Å². The molecular formula is C19H22BrNO. The molecule has 1 unspecified atom stereocenters. The van der Waals surface area contributed by atoms with Crippen LogP contribution in [0.2, 0.25) is 0 Å². The van der Waals surface area contributed by atoms with Crippen molar-refractivity contribution in [3.05, 3.63) is 70.2 Å². The van der Waals surface area contributed by atoms with Gasteiger partial charge in [-0.2, -0.15) is 0 Å². The number of carbonyl (C=O) groups is 1. The highest BCUT2D eigenvalue weighted by molar-refractivity contribution is 9.10. The minimum absolute atomic E-state index is 0.000746. The zero-order valence-electron chi connectivity index (χ0n) is 13.3. The maximum atomic E-state index is 12.5. The quantitative estimate of drug-likeness (QED) is 0.782. The van der Waals surface area contributed by atoms with E-state index in [4.69, 9.17) is 0 Å². The van der Waals surface area contributed by atoms with Crippen LogP contribution in [0.3, 0.4) is 0 Å². The second kappa shape index (κ2) is 7.10. The Bertz CT molecular complexity index is 614. The van der Waals surface area contributed by atoms with E-state index in [1.54, 1.807) is 0 Å². The Morgan fingerprint density at radius 2 is 1.64 bits per heavy atom. The molecule has 0 aliphatic carbocycles. The molecule has 22 heavy (non-hydrogen) atoms. The highest BCUT2D eigenvalue weighted by atomic mass is 79.9. The molecule has 0 saturated heterocycles. The second-order valence-corrected chi connectivity index (χ2v) is 7.62. The first-order valence-corrected chi connectivity index (χ1v) is 8.26. The van der Waals surface area contributed by atoms with Gasteiger partial charge >= 0.3 is 0 Å². The van der Waals surface area contributed by atoms with Gasteiger partial charge in [0, 0.05) is 10.0 Å². The molecule has 0 aliphatic rings. The van der Waals surface area contributed by atoms with E-state index in [0.717, 1.165) is 16.5 Å². The summed E-state index contributed by atoms with van der Waals surface area (Å²) < 4.78 is 1.04. The van der Waals surface area contributed by atoms with Crippen LogP contribution in [0.1, 0.15) is 49.2 Å². The maximum Gasteiger partial charge on any atom is 0.251 e. The Balaban J connectivity index is 2.21. The molecule has 1 atom stereocenters. The number of hydrogen-bond acceptors (Lipinski definition) is 1. The van der Waals surface area contributed by atoms with E-state index in [0.29, 0.717) is 5.56 Å². The van der Waals surface area contributed by atoms with Crippen LogP contribution in [0, 0.1) is 5.41 Å². The number of hydrogen-bond donors (Lipinski definition) is 1. The van der Waals surface area contributed by atoms with Crippen LogP contribution in [0.25, 0.3) is 0 Å². The molecule has 0 aliphatic heterocycles. The third-order valence-electron chi connectivity index (χ3n) is 3.43. The molecule has 1 amide bonds. The van der Waals surface area contributed by atoms with E-state index in [1.807, 2.05) is 42.5 Å². The molecule has 2 rings (SSSR count). The van der Waals surface area contributed by atoms with Crippen LogP contribution in [0.4, 0.5) is 0 Å². The van der Waals surface area contributed by atoms with Gasteiger partial charge < -0.3 is 5.32 Å². The van der Waals surface area contributed by atoms with Crippen LogP contribution in [-0.4, -0.2) is 5.91 Å². The Morgan fingerprint density at radius 3 is 2.18 bits per heavy atom. The van der Waals surface area contributed by atoms with Gasteiger partial charge in [0.2, 0.25) is 0 Å². The molecule has 2 aromatic rings. The van der Waals surface area contributed by atoms with E-state index in [-0.39, 0.29) is 17.4 Å². The van der Waals surface area contributed by atoms with Gasteiger partial charge in [-0.05, 0) is 41.7 Å². The number of benzene rings is 2. The summed E-state index contributed by atoms with van der Waals surface area (Å²) in [6, 6.07) is 17.5. The fourth-order valence-electron chi connectivity index (χ4n) is 2.39. The zero-order chi connectivity index (χ0) is 16.2. The monoisotopic (exact) mass is 359 g/mol. The van der Waals surface area contributed by atoms with Crippen LogP contribution in [0.15, 0.2) is 59.1 Å². The molecule has 3 heteroatoms. The van der Waals surface area contributed by atoms with Gasteiger partial charge in [-0.1, -0.05) is 67.0 Å². The fourth-order valence-corrected chi connectivity index (χ4v) is 2.66. The summed E-state index contributed by atoms with van der Waals surface area (Å²) in [7, 11) is 0. The normalized spacial score (nSPS) is 12.7. The number of amides is 1. The fraction of sp³-hybridized carbons (Fsp3) is 0.316. The molecule has 0 heterocycles. The third-order valence-corrected chi connectivity index (χ3v) is 3.96. The van der Waals surface area contributed by atoms with Gasteiger partial charge in [0.15, 0.2) is 0 Å².